The van der Waals surface area contributed by atoms with Gasteiger partial charge in [-0.3, -0.25) is 9.78 Å². The Morgan fingerprint density at radius 1 is 1.27 bits per heavy atom. The number of halogens is 2. The van der Waals surface area contributed by atoms with Gasteiger partial charge in [-0.2, -0.15) is 0 Å². The molecule has 6 nitrogen and oxygen atoms in total. The lowest BCUT2D eigenvalue weighted by Gasteiger charge is -2.28. The van der Waals surface area contributed by atoms with E-state index in [1.54, 1.807) is 12.4 Å². The lowest BCUT2D eigenvalue weighted by atomic mass is 9.81. The van der Waals surface area contributed by atoms with E-state index in [1.165, 1.54) is 5.38 Å². The van der Waals surface area contributed by atoms with Gasteiger partial charge in [0.25, 0.3) is 5.91 Å². The Morgan fingerprint density at radius 2 is 2.10 bits per heavy atom. The van der Waals surface area contributed by atoms with Crippen LogP contribution in [0.5, 0.6) is 5.75 Å². The summed E-state index contributed by atoms with van der Waals surface area (Å²) in [6.07, 6.45) is 7.10. The zero-order chi connectivity index (χ0) is 21.3. The van der Waals surface area contributed by atoms with Crippen LogP contribution in [0.15, 0.2) is 36.0 Å². The number of hydrogen-bond acceptors (Lipinski definition) is 6. The molecule has 3 aromatic rings. The van der Waals surface area contributed by atoms with Crippen LogP contribution >= 0.6 is 11.3 Å². The van der Waals surface area contributed by atoms with Crippen molar-refractivity contribution in [1.82, 2.24) is 9.97 Å². The fraction of sp³-hybridized carbons (Fsp3) is 0.286. The average Bonchev–Trinajstić information content (AvgIpc) is 3.21. The number of aromatic hydroxyl groups is 1. The van der Waals surface area contributed by atoms with Crippen LogP contribution in [0.2, 0.25) is 0 Å². The van der Waals surface area contributed by atoms with E-state index in [4.69, 9.17) is 5.73 Å². The van der Waals surface area contributed by atoms with Crippen molar-refractivity contribution in [2.24, 2.45) is 5.73 Å². The van der Waals surface area contributed by atoms with Crippen molar-refractivity contribution in [3.8, 4) is 16.3 Å². The second kappa shape index (κ2) is 8.45. The highest BCUT2D eigenvalue weighted by Gasteiger charge is 2.25. The molecule has 1 aromatic carbocycles. The third-order valence-corrected chi connectivity index (χ3v) is 6.14. The Labute approximate surface area is 175 Å². The predicted molar refractivity (Wildman–Crippen MR) is 111 cm³/mol. The smallest absolute Gasteiger partial charge is 0.275 e. The highest BCUT2D eigenvalue weighted by atomic mass is 32.1. The predicted octanol–water partition coefficient (Wildman–Crippen LogP) is 4.43. The molecule has 1 amide bonds. The van der Waals surface area contributed by atoms with Gasteiger partial charge in [-0.05, 0) is 48.9 Å². The molecule has 4 rings (SSSR count). The summed E-state index contributed by atoms with van der Waals surface area (Å²) < 4.78 is 28.2. The molecule has 1 aliphatic rings. The molecule has 1 aliphatic carbocycles. The van der Waals surface area contributed by atoms with E-state index in [0.29, 0.717) is 5.69 Å². The minimum atomic E-state index is -1.11. The van der Waals surface area contributed by atoms with Gasteiger partial charge < -0.3 is 16.2 Å². The Balaban J connectivity index is 1.58. The monoisotopic (exact) mass is 430 g/mol. The molecule has 1 saturated carbocycles. The molecule has 156 valence electrons. The lowest BCUT2D eigenvalue weighted by molar-refractivity contribution is 0.102. The molecule has 4 N–H and O–H groups in total. The van der Waals surface area contributed by atoms with Gasteiger partial charge in [-0.25, -0.2) is 13.8 Å². The van der Waals surface area contributed by atoms with Crippen LogP contribution in [0.25, 0.3) is 10.6 Å². The largest absolute Gasteiger partial charge is 0.505 e. The molecular weight excluding hydrogens is 410 g/mol. The van der Waals surface area contributed by atoms with Crippen molar-refractivity contribution in [3.63, 3.8) is 0 Å². The van der Waals surface area contributed by atoms with E-state index in [-0.39, 0.29) is 22.7 Å². The molecule has 0 unspecified atom stereocenters. The normalized spacial score (nSPS) is 18.9. The average molecular weight is 430 g/mol. The van der Waals surface area contributed by atoms with E-state index >= 15 is 0 Å². The van der Waals surface area contributed by atoms with Gasteiger partial charge in [-0.15, -0.1) is 11.3 Å². The maximum atomic E-state index is 14.2. The summed E-state index contributed by atoms with van der Waals surface area (Å²) in [5.41, 5.74) is 7.21. The number of nitrogens with two attached hydrogens (primary N) is 1. The van der Waals surface area contributed by atoms with Crippen molar-refractivity contribution < 1.29 is 18.7 Å². The number of pyridine rings is 1. The van der Waals surface area contributed by atoms with Crippen LogP contribution in [0.1, 0.15) is 47.7 Å². The fourth-order valence-corrected chi connectivity index (χ4v) is 4.63. The summed E-state index contributed by atoms with van der Waals surface area (Å²) in [6, 6.07) is 3.89. The lowest BCUT2D eigenvalue weighted by Crippen LogP contribution is -2.27. The first-order valence-corrected chi connectivity index (χ1v) is 10.5. The molecule has 30 heavy (non-hydrogen) atoms. The number of rotatable bonds is 4. The maximum absolute atomic E-state index is 14.2. The first kappa shape index (κ1) is 20.4. The van der Waals surface area contributed by atoms with E-state index < -0.39 is 28.9 Å². The standard InChI is InChI=1S/C21H20F2N4O2S/c22-14-4-5-17(28)19(23)18(14)21-27-16(10-30-21)20(29)26-15-9-25-7-6-13(15)11-2-1-3-12(24)8-11/h4-7,9-12,28H,1-3,8,24H2,(H,26,29)/t11-,12+/m1/s1. The molecular formula is C21H20F2N4O2S. The number of hydrogen-bond donors (Lipinski definition) is 3. The highest BCUT2D eigenvalue weighted by Crippen LogP contribution is 2.36. The molecule has 2 heterocycles. The fourth-order valence-electron chi connectivity index (χ4n) is 3.79. The van der Waals surface area contributed by atoms with E-state index in [9.17, 15) is 18.7 Å². The molecule has 9 heteroatoms. The molecule has 0 saturated heterocycles. The molecule has 1 fully saturated rings. The van der Waals surface area contributed by atoms with Gasteiger partial charge in [0.05, 0.1) is 17.4 Å². The van der Waals surface area contributed by atoms with Crippen molar-refractivity contribution in [1.29, 1.82) is 0 Å². The molecule has 0 radical (unpaired) electrons. The maximum Gasteiger partial charge on any atom is 0.275 e. The molecule has 2 atom stereocenters. The highest BCUT2D eigenvalue weighted by molar-refractivity contribution is 7.13. The number of thiazole rings is 1. The number of amides is 1. The number of aromatic nitrogens is 2. The van der Waals surface area contributed by atoms with Gasteiger partial charge in [0.1, 0.15) is 16.5 Å². The van der Waals surface area contributed by atoms with Gasteiger partial charge in [0.15, 0.2) is 11.6 Å². The summed E-state index contributed by atoms with van der Waals surface area (Å²) in [7, 11) is 0. The first-order chi connectivity index (χ1) is 14.4. The third-order valence-electron chi connectivity index (χ3n) is 5.28. The van der Waals surface area contributed by atoms with Crippen molar-refractivity contribution >= 4 is 22.9 Å². The van der Waals surface area contributed by atoms with E-state index in [1.807, 2.05) is 6.07 Å². The number of anilines is 1. The van der Waals surface area contributed by atoms with E-state index in [0.717, 1.165) is 54.7 Å². The summed E-state index contributed by atoms with van der Waals surface area (Å²) in [6.45, 7) is 0. The molecule has 0 bridgehead atoms. The van der Waals surface area contributed by atoms with Crippen LogP contribution < -0.4 is 11.1 Å². The molecule has 0 spiro atoms. The quantitative estimate of drug-likeness (QED) is 0.569. The van der Waals surface area contributed by atoms with Crippen LogP contribution in [0, 0.1) is 11.6 Å². The number of benzene rings is 1. The van der Waals surface area contributed by atoms with Crippen LogP contribution in [0.3, 0.4) is 0 Å². The Hall–Kier alpha value is -2.91. The molecule has 2 aromatic heterocycles. The summed E-state index contributed by atoms with van der Waals surface area (Å²) in [4.78, 5) is 20.9. The van der Waals surface area contributed by atoms with Gasteiger partial charge in [-0.1, -0.05) is 6.42 Å². The Morgan fingerprint density at radius 3 is 2.90 bits per heavy atom. The van der Waals surface area contributed by atoms with Crippen LogP contribution in [-0.4, -0.2) is 27.0 Å². The number of carbonyl (C=O) groups is 1. The van der Waals surface area contributed by atoms with Gasteiger partial charge >= 0.3 is 0 Å². The first-order valence-electron chi connectivity index (χ1n) is 9.57. The minimum Gasteiger partial charge on any atom is -0.505 e. The summed E-state index contributed by atoms with van der Waals surface area (Å²) in [5, 5.41) is 13.7. The number of phenols is 1. The van der Waals surface area contributed by atoms with Gasteiger partial charge in [0, 0.05) is 17.6 Å². The van der Waals surface area contributed by atoms with Crippen molar-refractivity contribution in [3.05, 3.63) is 58.9 Å². The second-order valence-electron chi connectivity index (χ2n) is 7.33. The Kier molecular flexibility index (Phi) is 5.74. The Bertz CT molecular complexity index is 1090. The summed E-state index contributed by atoms with van der Waals surface area (Å²) >= 11 is 0.916. The molecule has 0 aliphatic heterocycles. The zero-order valence-electron chi connectivity index (χ0n) is 15.9. The van der Waals surface area contributed by atoms with Crippen LogP contribution in [0.4, 0.5) is 14.5 Å². The summed E-state index contributed by atoms with van der Waals surface area (Å²) in [5.74, 6) is -2.94. The van der Waals surface area contributed by atoms with Crippen LogP contribution in [-0.2, 0) is 0 Å². The number of carbonyl (C=O) groups excluding carboxylic acids is 1. The minimum absolute atomic E-state index is 0.0206. The number of nitrogens with zero attached hydrogens (tertiary/aromatic N) is 2. The number of nitrogens with one attached hydrogen (secondary N) is 1. The van der Waals surface area contributed by atoms with Gasteiger partial charge in [0.2, 0.25) is 0 Å². The number of phenolic OH excluding ortho intramolecular Hbond substituents is 1. The second-order valence-corrected chi connectivity index (χ2v) is 8.19. The topological polar surface area (TPSA) is 101 Å². The van der Waals surface area contributed by atoms with Crippen molar-refractivity contribution in [2.45, 2.75) is 37.6 Å². The van der Waals surface area contributed by atoms with E-state index in [2.05, 4.69) is 15.3 Å². The van der Waals surface area contributed by atoms with Crippen molar-refractivity contribution in [2.75, 3.05) is 5.32 Å². The SMILES string of the molecule is N[C@H]1CCC[C@@H](c2ccncc2NC(=O)c2csc(-c3c(F)ccc(O)c3F)n2)C1. The zero-order valence-corrected chi connectivity index (χ0v) is 16.8. The third kappa shape index (κ3) is 4.03.